The Labute approximate surface area is 99.7 Å². The molecule has 2 heterocycles. The number of thiazole rings is 1. The molecular weight excluding hydrogens is 222 g/mol. The standard InChI is InChI=1S/C11H17N3OS/c1-14-5-2-9(3-6-14)8-10(15)13-11-12-4-7-16-11/h4,7,9H,2-3,5-6,8H2,1H3,(H,12,13,15). The Hall–Kier alpha value is -0.940. The van der Waals surface area contributed by atoms with Gasteiger partial charge in [0.05, 0.1) is 0 Å². The molecule has 0 aromatic carbocycles. The van der Waals surface area contributed by atoms with Gasteiger partial charge in [0.15, 0.2) is 5.13 Å². The van der Waals surface area contributed by atoms with Crippen LogP contribution in [-0.2, 0) is 4.79 Å². The van der Waals surface area contributed by atoms with E-state index in [-0.39, 0.29) is 5.91 Å². The third kappa shape index (κ3) is 3.28. The quantitative estimate of drug-likeness (QED) is 0.875. The van der Waals surface area contributed by atoms with Gasteiger partial charge >= 0.3 is 0 Å². The molecule has 16 heavy (non-hydrogen) atoms. The number of piperidine rings is 1. The van der Waals surface area contributed by atoms with E-state index in [1.807, 2.05) is 5.38 Å². The van der Waals surface area contributed by atoms with Gasteiger partial charge < -0.3 is 10.2 Å². The number of likely N-dealkylation sites (tertiary alicyclic amines) is 1. The summed E-state index contributed by atoms with van der Waals surface area (Å²) in [6.45, 7) is 2.21. The van der Waals surface area contributed by atoms with Gasteiger partial charge in [-0.15, -0.1) is 11.3 Å². The summed E-state index contributed by atoms with van der Waals surface area (Å²) in [7, 11) is 2.13. The van der Waals surface area contributed by atoms with Crippen LogP contribution in [0.2, 0.25) is 0 Å². The Balaban J connectivity index is 1.75. The van der Waals surface area contributed by atoms with E-state index in [0.29, 0.717) is 17.5 Å². The van der Waals surface area contributed by atoms with Crippen molar-refractivity contribution in [3.8, 4) is 0 Å². The Morgan fingerprint density at radius 2 is 2.38 bits per heavy atom. The highest BCUT2D eigenvalue weighted by Crippen LogP contribution is 2.20. The number of anilines is 1. The molecule has 0 bridgehead atoms. The molecule has 1 amide bonds. The van der Waals surface area contributed by atoms with Crippen LogP contribution in [0, 0.1) is 5.92 Å². The van der Waals surface area contributed by atoms with Crippen molar-refractivity contribution in [3.05, 3.63) is 11.6 Å². The highest BCUT2D eigenvalue weighted by atomic mass is 32.1. The number of rotatable bonds is 3. The van der Waals surface area contributed by atoms with Gasteiger partial charge in [-0.2, -0.15) is 0 Å². The second kappa shape index (κ2) is 5.41. The molecule has 88 valence electrons. The van der Waals surface area contributed by atoms with Crippen LogP contribution in [0.3, 0.4) is 0 Å². The Kier molecular flexibility index (Phi) is 3.90. The van der Waals surface area contributed by atoms with Crippen molar-refractivity contribution in [2.24, 2.45) is 5.92 Å². The number of hydrogen-bond acceptors (Lipinski definition) is 4. The number of hydrogen-bond donors (Lipinski definition) is 1. The van der Waals surface area contributed by atoms with Crippen molar-refractivity contribution >= 4 is 22.4 Å². The lowest BCUT2D eigenvalue weighted by Gasteiger charge is -2.28. The number of aromatic nitrogens is 1. The summed E-state index contributed by atoms with van der Waals surface area (Å²) in [4.78, 5) is 18.1. The average Bonchev–Trinajstić information content (AvgIpc) is 2.74. The molecule has 1 aliphatic heterocycles. The second-order valence-corrected chi connectivity index (χ2v) is 5.23. The van der Waals surface area contributed by atoms with Gasteiger partial charge in [-0.1, -0.05) is 0 Å². The van der Waals surface area contributed by atoms with Crippen LogP contribution in [-0.4, -0.2) is 35.9 Å². The number of amides is 1. The van der Waals surface area contributed by atoms with Crippen LogP contribution in [0.25, 0.3) is 0 Å². The molecule has 1 saturated heterocycles. The lowest BCUT2D eigenvalue weighted by Crippen LogP contribution is -2.31. The molecular formula is C11H17N3OS. The highest BCUT2D eigenvalue weighted by Gasteiger charge is 2.19. The fourth-order valence-electron chi connectivity index (χ4n) is 1.98. The minimum absolute atomic E-state index is 0.101. The highest BCUT2D eigenvalue weighted by molar-refractivity contribution is 7.13. The van der Waals surface area contributed by atoms with Gasteiger partial charge in [-0.3, -0.25) is 4.79 Å². The summed E-state index contributed by atoms with van der Waals surface area (Å²) in [6.07, 6.45) is 4.59. The number of carbonyl (C=O) groups excluding carboxylic acids is 1. The summed E-state index contributed by atoms with van der Waals surface area (Å²) in [5.74, 6) is 0.640. The topological polar surface area (TPSA) is 45.2 Å². The third-order valence-electron chi connectivity index (χ3n) is 2.99. The van der Waals surface area contributed by atoms with Crippen molar-refractivity contribution in [3.63, 3.8) is 0 Å². The fraction of sp³-hybridized carbons (Fsp3) is 0.636. The zero-order chi connectivity index (χ0) is 11.4. The van der Waals surface area contributed by atoms with Crippen molar-refractivity contribution in [1.82, 2.24) is 9.88 Å². The first kappa shape index (κ1) is 11.5. The van der Waals surface area contributed by atoms with Crippen LogP contribution in [0.15, 0.2) is 11.6 Å². The van der Waals surface area contributed by atoms with Crippen molar-refractivity contribution < 1.29 is 4.79 Å². The van der Waals surface area contributed by atoms with E-state index in [1.54, 1.807) is 6.20 Å². The van der Waals surface area contributed by atoms with Gasteiger partial charge in [-0.05, 0) is 38.9 Å². The fourth-order valence-corrected chi connectivity index (χ4v) is 2.53. The Bertz CT molecular complexity index is 331. The maximum absolute atomic E-state index is 11.7. The summed E-state index contributed by atoms with van der Waals surface area (Å²) in [5, 5.41) is 5.41. The smallest absolute Gasteiger partial charge is 0.226 e. The molecule has 2 rings (SSSR count). The molecule has 1 aliphatic rings. The summed E-state index contributed by atoms with van der Waals surface area (Å²) >= 11 is 1.46. The van der Waals surface area contributed by atoms with E-state index >= 15 is 0 Å². The SMILES string of the molecule is CN1CCC(CC(=O)Nc2nccs2)CC1. The van der Waals surface area contributed by atoms with Crippen LogP contribution < -0.4 is 5.32 Å². The summed E-state index contributed by atoms with van der Waals surface area (Å²) in [6, 6.07) is 0. The zero-order valence-electron chi connectivity index (χ0n) is 9.48. The predicted octanol–water partition coefficient (Wildman–Crippen LogP) is 1.81. The van der Waals surface area contributed by atoms with Crippen LogP contribution in [0.1, 0.15) is 19.3 Å². The molecule has 1 aromatic heterocycles. The molecule has 5 heteroatoms. The Morgan fingerprint density at radius 3 is 3.00 bits per heavy atom. The maximum atomic E-state index is 11.7. The predicted molar refractivity (Wildman–Crippen MR) is 65.6 cm³/mol. The first-order valence-electron chi connectivity index (χ1n) is 5.62. The van der Waals surface area contributed by atoms with Crippen molar-refractivity contribution in [1.29, 1.82) is 0 Å². The van der Waals surface area contributed by atoms with Gasteiger partial charge in [0.1, 0.15) is 0 Å². The van der Waals surface area contributed by atoms with E-state index in [4.69, 9.17) is 0 Å². The molecule has 1 N–H and O–H groups in total. The number of carbonyl (C=O) groups is 1. The number of nitrogens with one attached hydrogen (secondary N) is 1. The van der Waals surface area contributed by atoms with E-state index in [9.17, 15) is 4.79 Å². The average molecular weight is 239 g/mol. The summed E-state index contributed by atoms with van der Waals surface area (Å²) in [5.41, 5.74) is 0. The molecule has 1 fully saturated rings. The molecule has 0 spiro atoms. The van der Waals surface area contributed by atoms with E-state index < -0.39 is 0 Å². The van der Waals surface area contributed by atoms with Crippen LogP contribution in [0.5, 0.6) is 0 Å². The Morgan fingerprint density at radius 1 is 1.62 bits per heavy atom. The van der Waals surface area contributed by atoms with E-state index in [1.165, 1.54) is 11.3 Å². The number of nitrogens with zero attached hydrogens (tertiary/aromatic N) is 2. The molecule has 0 radical (unpaired) electrons. The molecule has 1 aromatic rings. The molecule has 0 unspecified atom stereocenters. The minimum atomic E-state index is 0.101. The van der Waals surface area contributed by atoms with Crippen LogP contribution in [0.4, 0.5) is 5.13 Å². The third-order valence-corrected chi connectivity index (χ3v) is 3.68. The molecule has 0 atom stereocenters. The molecule has 0 saturated carbocycles. The van der Waals surface area contributed by atoms with Gasteiger partial charge in [0.2, 0.25) is 5.91 Å². The molecule has 4 nitrogen and oxygen atoms in total. The van der Waals surface area contributed by atoms with Gasteiger partial charge in [-0.25, -0.2) is 4.98 Å². The molecule has 0 aliphatic carbocycles. The minimum Gasteiger partial charge on any atom is -0.306 e. The first-order valence-corrected chi connectivity index (χ1v) is 6.50. The van der Waals surface area contributed by atoms with E-state index in [2.05, 4.69) is 22.2 Å². The lowest BCUT2D eigenvalue weighted by molar-refractivity contribution is -0.117. The zero-order valence-corrected chi connectivity index (χ0v) is 10.3. The van der Waals surface area contributed by atoms with Crippen molar-refractivity contribution in [2.45, 2.75) is 19.3 Å². The van der Waals surface area contributed by atoms with Gasteiger partial charge in [0.25, 0.3) is 0 Å². The summed E-state index contributed by atoms with van der Waals surface area (Å²) < 4.78 is 0. The second-order valence-electron chi connectivity index (χ2n) is 4.34. The largest absolute Gasteiger partial charge is 0.306 e. The first-order chi connectivity index (χ1) is 7.74. The monoisotopic (exact) mass is 239 g/mol. The van der Waals surface area contributed by atoms with Crippen molar-refractivity contribution in [2.75, 3.05) is 25.5 Å². The van der Waals surface area contributed by atoms with E-state index in [0.717, 1.165) is 25.9 Å². The normalized spacial score (nSPS) is 18.6. The lowest BCUT2D eigenvalue weighted by atomic mass is 9.93. The van der Waals surface area contributed by atoms with Gasteiger partial charge in [0, 0.05) is 18.0 Å². The maximum Gasteiger partial charge on any atom is 0.226 e. The van der Waals surface area contributed by atoms with Crippen LogP contribution >= 0.6 is 11.3 Å².